The summed E-state index contributed by atoms with van der Waals surface area (Å²) in [4.78, 5) is 19.2. The number of rotatable bonds is 2. The van der Waals surface area contributed by atoms with Gasteiger partial charge in [0, 0.05) is 42.3 Å². The number of fused-ring (bicyclic) bond motifs is 3. The van der Waals surface area contributed by atoms with E-state index in [0.717, 1.165) is 31.3 Å². The van der Waals surface area contributed by atoms with Gasteiger partial charge in [-0.05, 0) is 36.5 Å². The minimum absolute atomic E-state index is 0.0438. The first kappa shape index (κ1) is 16.6. The Kier molecular flexibility index (Phi) is 4.21. The number of para-hydroxylation sites is 1. The summed E-state index contributed by atoms with van der Waals surface area (Å²) < 4.78 is 5.47. The number of amides is 1. The van der Waals surface area contributed by atoms with Crippen LogP contribution in [0.5, 0.6) is 0 Å². The van der Waals surface area contributed by atoms with Crippen molar-refractivity contribution in [1.82, 2.24) is 9.88 Å². The maximum Gasteiger partial charge on any atom is 0.226 e. The standard InChI is InChI=1S/C23H24N2O2/c26-23(17-11-14-27-15-12-17)25-13-10-19-18-8-4-5-9-20(18)24-21(19)22(25)16-6-2-1-3-7-16/h1-9,17,22,24H,10-15H2. The predicted octanol–water partition coefficient (Wildman–Crippen LogP) is 4.07. The Balaban J connectivity index is 1.60. The second kappa shape index (κ2) is 6.86. The molecular weight excluding hydrogens is 336 g/mol. The number of aromatic amines is 1. The number of H-pyrrole nitrogens is 1. The molecule has 27 heavy (non-hydrogen) atoms. The Labute approximate surface area is 159 Å². The summed E-state index contributed by atoms with van der Waals surface area (Å²) in [6, 6.07) is 18.8. The molecule has 3 aromatic rings. The summed E-state index contributed by atoms with van der Waals surface area (Å²) in [6.07, 6.45) is 2.56. The fourth-order valence-electron chi connectivity index (χ4n) is 4.64. The van der Waals surface area contributed by atoms with Gasteiger partial charge in [-0.15, -0.1) is 0 Å². The molecule has 1 N–H and O–H groups in total. The maximum atomic E-state index is 13.4. The highest BCUT2D eigenvalue weighted by atomic mass is 16.5. The number of carbonyl (C=O) groups is 1. The summed E-state index contributed by atoms with van der Waals surface area (Å²) in [5.74, 6) is 0.354. The van der Waals surface area contributed by atoms with E-state index < -0.39 is 0 Å². The van der Waals surface area contributed by atoms with E-state index in [0.29, 0.717) is 13.2 Å². The number of hydrogen-bond acceptors (Lipinski definition) is 2. The first-order chi connectivity index (χ1) is 13.3. The summed E-state index contributed by atoms with van der Waals surface area (Å²) >= 11 is 0. The van der Waals surface area contributed by atoms with Crippen molar-refractivity contribution in [3.05, 3.63) is 71.4 Å². The minimum Gasteiger partial charge on any atom is -0.381 e. The van der Waals surface area contributed by atoms with Gasteiger partial charge in [-0.2, -0.15) is 0 Å². The number of hydrogen-bond donors (Lipinski definition) is 1. The molecule has 1 unspecified atom stereocenters. The van der Waals surface area contributed by atoms with Gasteiger partial charge < -0.3 is 14.6 Å². The number of nitrogens with zero attached hydrogens (tertiary/aromatic N) is 1. The van der Waals surface area contributed by atoms with Crippen LogP contribution in [0.25, 0.3) is 10.9 Å². The Morgan fingerprint density at radius 3 is 2.56 bits per heavy atom. The van der Waals surface area contributed by atoms with Crippen LogP contribution >= 0.6 is 0 Å². The third-order valence-electron chi connectivity index (χ3n) is 6.00. The molecule has 0 saturated carbocycles. The van der Waals surface area contributed by atoms with Gasteiger partial charge in [-0.1, -0.05) is 48.5 Å². The van der Waals surface area contributed by atoms with Crippen molar-refractivity contribution in [2.75, 3.05) is 19.8 Å². The molecule has 4 nitrogen and oxygen atoms in total. The van der Waals surface area contributed by atoms with Gasteiger partial charge >= 0.3 is 0 Å². The zero-order valence-corrected chi connectivity index (χ0v) is 15.4. The minimum atomic E-state index is -0.0438. The number of benzene rings is 2. The molecule has 1 amide bonds. The zero-order valence-electron chi connectivity index (χ0n) is 15.4. The zero-order chi connectivity index (χ0) is 18.2. The van der Waals surface area contributed by atoms with Crippen molar-refractivity contribution in [1.29, 1.82) is 0 Å². The summed E-state index contributed by atoms with van der Waals surface area (Å²) in [6.45, 7) is 2.15. The Morgan fingerprint density at radius 1 is 1.00 bits per heavy atom. The number of aromatic nitrogens is 1. The molecule has 2 aliphatic heterocycles. The quantitative estimate of drug-likeness (QED) is 0.749. The SMILES string of the molecule is O=C(C1CCOCC1)N1CCc2c([nH]c3ccccc23)C1c1ccccc1. The van der Waals surface area contributed by atoms with E-state index in [9.17, 15) is 4.79 Å². The number of nitrogens with one attached hydrogen (secondary N) is 1. The Morgan fingerprint density at radius 2 is 1.74 bits per heavy atom. The van der Waals surface area contributed by atoms with Crippen LogP contribution in [-0.4, -0.2) is 35.5 Å². The molecule has 1 saturated heterocycles. The lowest BCUT2D eigenvalue weighted by Gasteiger charge is -2.39. The van der Waals surface area contributed by atoms with Crippen molar-refractivity contribution in [2.45, 2.75) is 25.3 Å². The van der Waals surface area contributed by atoms with Crippen molar-refractivity contribution in [2.24, 2.45) is 5.92 Å². The molecule has 2 aromatic carbocycles. The first-order valence-electron chi connectivity index (χ1n) is 9.85. The largest absolute Gasteiger partial charge is 0.381 e. The van der Waals surface area contributed by atoms with Gasteiger partial charge in [0.1, 0.15) is 0 Å². The van der Waals surface area contributed by atoms with Crippen LogP contribution in [0.4, 0.5) is 0 Å². The average Bonchev–Trinajstić information content (AvgIpc) is 3.12. The second-order valence-corrected chi connectivity index (χ2v) is 7.54. The van der Waals surface area contributed by atoms with Crippen LogP contribution in [0, 0.1) is 5.92 Å². The second-order valence-electron chi connectivity index (χ2n) is 7.54. The van der Waals surface area contributed by atoms with Crippen LogP contribution in [0.1, 0.15) is 35.7 Å². The van der Waals surface area contributed by atoms with Crippen molar-refractivity contribution >= 4 is 16.8 Å². The third kappa shape index (κ3) is 2.85. The molecule has 138 valence electrons. The predicted molar refractivity (Wildman–Crippen MR) is 106 cm³/mol. The lowest BCUT2D eigenvalue weighted by atomic mass is 9.89. The number of ether oxygens (including phenoxy) is 1. The highest BCUT2D eigenvalue weighted by Crippen LogP contribution is 2.39. The van der Waals surface area contributed by atoms with E-state index in [2.05, 4.69) is 58.4 Å². The van der Waals surface area contributed by atoms with E-state index in [1.807, 2.05) is 6.07 Å². The Bertz CT molecular complexity index is 957. The number of carbonyl (C=O) groups excluding carboxylic acids is 1. The summed E-state index contributed by atoms with van der Waals surface area (Å²) in [7, 11) is 0. The van der Waals surface area contributed by atoms with Crippen LogP contribution in [0.15, 0.2) is 54.6 Å². The molecule has 4 heteroatoms. The highest BCUT2D eigenvalue weighted by molar-refractivity contribution is 5.87. The fourth-order valence-corrected chi connectivity index (χ4v) is 4.64. The summed E-state index contributed by atoms with van der Waals surface area (Å²) in [5, 5.41) is 1.28. The first-order valence-corrected chi connectivity index (χ1v) is 9.85. The van der Waals surface area contributed by atoms with Crippen LogP contribution in [0.2, 0.25) is 0 Å². The molecule has 1 aromatic heterocycles. The fraction of sp³-hybridized carbons (Fsp3) is 0.348. The normalized spacial score (nSPS) is 20.6. The van der Waals surface area contributed by atoms with Crippen molar-refractivity contribution in [3.63, 3.8) is 0 Å². The molecule has 1 atom stereocenters. The molecule has 0 aliphatic carbocycles. The molecule has 3 heterocycles. The molecule has 0 spiro atoms. The maximum absolute atomic E-state index is 13.4. The van der Waals surface area contributed by atoms with E-state index in [1.165, 1.54) is 22.2 Å². The molecule has 5 rings (SSSR count). The van der Waals surface area contributed by atoms with E-state index in [-0.39, 0.29) is 17.9 Å². The van der Waals surface area contributed by atoms with Gasteiger partial charge in [0.05, 0.1) is 6.04 Å². The molecule has 1 fully saturated rings. The van der Waals surface area contributed by atoms with Crippen molar-refractivity contribution < 1.29 is 9.53 Å². The van der Waals surface area contributed by atoms with Gasteiger partial charge in [0.15, 0.2) is 0 Å². The van der Waals surface area contributed by atoms with E-state index >= 15 is 0 Å². The molecule has 0 bridgehead atoms. The molecular formula is C23H24N2O2. The Hall–Kier alpha value is -2.59. The average molecular weight is 360 g/mol. The van der Waals surface area contributed by atoms with Gasteiger partial charge in [0.2, 0.25) is 5.91 Å². The van der Waals surface area contributed by atoms with Crippen LogP contribution in [0.3, 0.4) is 0 Å². The van der Waals surface area contributed by atoms with E-state index in [1.54, 1.807) is 0 Å². The topological polar surface area (TPSA) is 45.3 Å². The van der Waals surface area contributed by atoms with Gasteiger partial charge in [0.25, 0.3) is 0 Å². The van der Waals surface area contributed by atoms with Gasteiger partial charge in [-0.3, -0.25) is 4.79 Å². The van der Waals surface area contributed by atoms with Crippen LogP contribution < -0.4 is 0 Å². The molecule has 2 aliphatic rings. The highest BCUT2D eigenvalue weighted by Gasteiger charge is 2.37. The van der Waals surface area contributed by atoms with E-state index in [4.69, 9.17) is 4.74 Å². The smallest absolute Gasteiger partial charge is 0.226 e. The third-order valence-corrected chi connectivity index (χ3v) is 6.00. The van der Waals surface area contributed by atoms with Crippen molar-refractivity contribution in [3.8, 4) is 0 Å². The lowest BCUT2D eigenvalue weighted by molar-refractivity contribution is -0.140. The molecule has 0 radical (unpaired) electrons. The summed E-state index contributed by atoms with van der Waals surface area (Å²) in [5.41, 5.74) is 4.86. The monoisotopic (exact) mass is 360 g/mol. The van der Waals surface area contributed by atoms with Crippen LogP contribution in [-0.2, 0) is 16.0 Å². The van der Waals surface area contributed by atoms with Gasteiger partial charge in [-0.25, -0.2) is 0 Å². The lowest BCUT2D eigenvalue weighted by Crippen LogP contribution is -2.44.